The van der Waals surface area contributed by atoms with E-state index < -0.39 is 0 Å². The van der Waals surface area contributed by atoms with Crippen molar-refractivity contribution in [2.45, 2.75) is 18.8 Å². The molecule has 1 atom stereocenters. The third-order valence-corrected chi connectivity index (χ3v) is 4.29. The Morgan fingerprint density at radius 1 is 1.10 bits per heavy atom. The highest BCUT2D eigenvalue weighted by atomic mass is 35.5. The van der Waals surface area contributed by atoms with E-state index in [2.05, 4.69) is 17.1 Å². The van der Waals surface area contributed by atoms with Crippen molar-refractivity contribution in [1.29, 1.82) is 0 Å². The van der Waals surface area contributed by atoms with E-state index in [9.17, 15) is 4.79 Å². The zero-order chi connectivity index (χ0) is 14.4. The van der Waals surface area contributed by atoms with Crippen molar-refractivity contribution in [3.63, 3.8) is 0 Å². The van der Waals surface area contributed by atoms with Crippen LogP contribution in [0.25, 0.3) is 11.0 Å². The lowest BCUT2D eigenvalue weighted by molar-refractivity contribution is 0.0877. The van der Waals surface area contributed by atoms with Crippen molar-refractivity contribution in [2.24, 2.45) is 0 Å². The van der Waals surface area contributed by atoms with E-state index in [0.29, 0.717) is 11.4 Å². The smallest absolute Gasteiger partial charge is 0.233 e. The zero-order valence-corrected chi connectivity index (χ0v) is 12.0. The fraction of sp³-hybridized carbons (Fsp3) is 0.176. The third kappa shape index (κ3) is 2.05. The standard InChI is InChI=1S/C17H13ClN2O/c18-13-6-7-14-15(10-13)20-16(19-14)8-12(9-17(20)21)11-4-2-1-3-5-11/h1-7,10,12H,8-9H2. The Kier molecular flexibility index (Phi) is 2.82. The summed E-state index contributed by atoms with van der Waals surface area (Å²) in [6.45, 7) is 0. The molecule has 1 aromatic heterocycles. The molecule has 0 saturated carbocycles. The first-order chi connectivity index (χ1) is 10.2. The Morgan fingerprint density at radius 2 is 1.90 bits per heavy atom. The Balaban J connectivity index is 1.82. The van der Waals surface area contributed by atoms with Gasteiger partial charge in [0.05, 0.1) is 11.0 Å². The van der Waals surface area contributed by atoms with Crippen molar-refractivity contribution >= 4 is 28.5 Å². The highest BCUT2D eigenvalue weighted by Crippen LogP contribution is 2.32. The molecular weight excluding hydrogens is 284 g/mol. The van der Waals surface area contributed by atoms with Gasteiger partial charge in [-0.3, -0.25) is 9.36 Å². The number of imidazole rings is 1. The molecule has 0 bridgehead atoms. The van der Waals surface area contributed by atoms with Crippen LogP contribution in [0.3, 0.4) is 0 Å². The van der Waals surface area contributed by atoms with Crippen LogP contribution >= 0.6 is 11.6 Å². The summed E-state index contributed by atoms with van der Waals surface area (Å²) in [4.78, 5) is 17.1. The lowest BCUT2D eigenvalue weighted by atomic mass is 9.90. The van der Waals surface area contributed by atoms with Gasteiger partial charge >= 0.3 is 0 Å². The molecule has 0 fully saturated rings. The van der Waals surface area contributed by atoms with E-state index in [4.69, 9.17) is 11.6 Å². The molecule has 21 heavy (non-hydrogen) atoms. The van der Waals surface area contributed by atoms with E-state index in [1.807, 2.05) is 36.4 Å². The molecule has 0 N–H and O–H groups in total. The zero-order valence-electron chi connectivity index (χ0n) is 11.3. The van der Waals surface area contributed by atoms with Crippen molar-refractivity contribution in [3.05, 3.63) is 64.9 Å². The van der Waals surface area contributed by atoms with Crippen molar-refractivity contribution in [2.75, 3.05) is 0 Å². The second-order valence-corrected chi connectivity index (χ2v) is 5.84. The fourth-order valence-electron chi connectivity index (χ4n) is 3.07. The lowest BCUT2D eigenvalue weighted by Crippen LogP contribution is -2.25. The van der Waals surface area contributed by atoms with Gasteiger partial charge in [-0.1, -0.05) is 41.9 Å². The fourth-order valence-corrected chi connectivity index (χ4v) is 3.24. The summed E-state index contributed by atoms with van der Waals surface area (Å²) < 4.78 is 1.72. The van der Waals surface area contributed by atoms with Gasteiger partial charge in [-0.25, -0.2) is 4.98 Å². The number of nitrogens with zero attached hydrogens (tertiary/aromatic N) is 2. The normalized spacial score (nSPS) is 18.0. The van der Waals surface area contributed by atoms with Crippen molar-refractivity contribution in [1.82, 2.24) is 9.55 Å². The molecule has 3 aromatic rings. The van der Waals surface area contributed by atoms with Crippen LogP contribution in [0.1, 0.15) is 28.5 Å². The van der Waals surface area contributed by atoms with Gasteiger partial charge in [0, 0.05) is 17.9 Å². The van der Waals surface area contributed by atoms with Crippen LogP contribution in [0.2, 0.25) is 5.02 Å². The minimum Gasteiger partial charge on any atom is -0.274 e. The second kappa shape index (κ2) is 4.71. The average Bonchev–Trinajstić information content (AvgIpc) is 2.86. The van der Waals surface area contributed by atoms with Gasteiger partial charge < -0.3 is 0 Å². The van der Waals surface area contributed by atoms with Crippen LogP contribution in [0, 0.1) is 0 Å². The predicted molar refractivity (Wildman–Crippen MR) is 82.9 cm³/mol. The summed E-state index contributed by atoms with van der Waals surface area (Å²) in [7, 11) is 0. The molecule has 2 heterocycles. The molecule has 3 nitrogen and oxygen atoms in total. The first-order valence-corrected chi connectivity index (χ1v) is 7.35. The summed E-state index contributed by atoms with van der Waals surface area (Å²) >= 11 is 6.04. The molecule has 1 unspecified atom stereocenters. The Labute approximate surface area is 127 Å². The molecule has 4 rings (SSSR count). The lowest BCUT2D eigenvalue weighted by Gasteiger charge is -2.22. The van der Waals surface area contributed by atoms with Crippen LogP contribution in [-0.4, -0.2) is 15.5 Å². The van der Waals surface area contributed by atoms with Crippen LogP contribution in [0.5, 0.6) is 0 Å². The van der Waals surface area contributed by atoms with Crippen LogP contribution in [-0.2, 0) is 6.42 Å². The maximum atomic E-state index is 12.5. The van der Waals surface area contributed by atoms with Crippen LogP contribution < -0.4 is 0 Å². The number of carbonyl (C=O) groups excluding carboxylic acids is 1. The minimum absolute atomic E-state index is 0.0925. The highest BCUT2D eigenvalue weighted by Gasteiger charge is 2.28. The van der Waals surface area contributed by atoms with Gasteiger partial charge in [-0.2, -0.15) is 0 Å². The van der Waals surface area contributed by atoms with E-state index in [-0.39, 0.29) is 11.8 Å². The molecule has 0 amide bonds. The second-order valence-electron chi connectivity index (χ2n) is 5.41. The molecule has 1 aliphatic rings. The Hall–Kier alpha value is -2.13. The molecule has 104 valence electrons. The molecule has 0 aliphatic carbocycles. The number of aromatic nitrogens is 2. The molecule has 1 aliphatic heterocycles. The number of halogens is 1. The molecule has 2 aromatic carbocycles. The molecule has 0 spiro atoms. The van der Waals surface area contributed by atoms with Crippen molar-refractivity contribution < 1.29 is 4.79 Å². The van der Waals surface area contributed by atoms with E-state index in [1.54, 1.807) is 4.57 Å². The molecule has 0 radical (unpaired) electrons. The quantitative estimate of drug-likeness (QED) is 0.679. The number of rotatable bonds is 1. The summed E-state index contributed by atoms with van der Waals surface area (Å²) in [6, 6.07) is 15.7. The SMILES string of the molecule is O=C1CC(c2ccccc2)Cc2nc3ccc(Cl)cc3n21. The summed E-state index contributed by atoms with van der Waals surface area (Å²) in [5, 5.41) is 0.628. The Morgan fingerprint density at radius 3 is 2.71 bits per heavy atom. The monoisotopic (exact) mass is 296 g/mol. The molecule has 0 saturated heterocycles. The summed E-state index contributed by atoms with van der Waals surface area (Å²) in [5.74, 6) is 1.13. The number of carbonyl (C=O) groups is 1. The maximum Gasteiger partial charge on any atom is 0.233 e. The first-order valence-electron chi connectivity index (χ1n) is 6.97. The van der Waals surface area contributed by atoms with Crippen molar-refractivity contribution in [3.8, 4) is 0 Å². The van der Waals surface area contributed by atoms with E-state index in [0.717, 1.165) is 23.3 Å². The van der Waals surface area contributed by atoms with Crippen LogP contribution in [0.15, 0.2) is 48.5 Å². The number of fused-ring (bicyclic) bond motifs is 3. The molecule has 4 heteroatoms. The van der Waals surface area contributed by atoms with Gasteiger partial charge in [0.2, 0.25) is 5.91 Å². The molecular formula is C17H13ClN2O. The number of benzene rings is 2. The summed E-state index contributed by atoms with van der Waals surface area (Å²) in [6.07, 6.45) is 1.29. The average molecular weight is 297 g/mol. The minimum atomic E-state index is 0.0925. The van der Waals surface area contributed by atoms with E-state index in [1.165, 1.54) is 5.56 Å². The number of hydrogen-bond donors (Lipinski definition) is 0. The maximum absolute atomic E-state index is 12.5. The van der Waals surface area contributed by atoms with E-state index >= 15 is 0 Å². The first kappa shape index (κ1) is 12.6. The topological polar surface area (TPSA) is 34.9 Å². The van der Waals surface area contributed by atoms with Gasteiger partial charge in [0.15, 0.2) is 0 Å². The Bertz CT molecular complexity index is 839. The number of hydrogen-bond acceptors (Lipinski definition) is 2. The largest absolute Gasteiger partial charge is 0.274 e. The van der Waals surface area contributed by atoms with Crippen LogP contribution in [0.4, 0.5) is 0 Å². The predicted octanol–water partition coefficient (Wildman–Crippen LogP) is 4.06. The third-order valence-electron chi connectivity index (χ3n) is 4.06. The van der Waals surface area contributed by atoms with Gasteiger partial charge in [0.1, 0.15) is 5.82 Å². The highest BCUT2D eigenvalue weighted by molar-refractivity contribution is 6.31. The van der Waals surface area contributed by atoms with Gasteiger partial charge in [-0.15, -0.1) is 0 Å². The summed E-state index contributed by atoms with van der Waals surface area (Å²) in [5.41, 5.74) is 2.84. The van der Waals surface area contributed by atoms with Gasteiger partial charge in [-0.05, 0) is 29.7 Å². The van der Waals surface area contributed by atoms with Gasteiger partial charge in [0.25, 0.3) is 0 Å².